The van der Waals surface area contributed by atoms with Crippen LogP contribution < -0.4 is 10.0 Å². The number of fused-ring (bicyclic) bond motifs is 1. The summed E-state index contributed by atoms with van der Waals surface area (Å²) in [5, 5.41) is 5.01. The number of nitrogens with two attached hydrogens (primary N) is 1. The number of ketones is 1. The Labute approximate surface area is 146 Å². The van der Waals surface area contributed by atoms with Gasteiger partial charge in [-0.15, -0.1) is 0 Å². The summed E-state index contributed by atoms with van der Waals surface area (Å²) >= 11 is 0. The van der Waals surface area contributed by atoms with E-state index in [0.717, 1.165) is 29.2 Å². The van der Waals surface area contributed by atoms with E-state index < -0.39 is 33.5 Å². The van der Waals surface area contributed by atoms with Crippen molar-refractivity contribution in [3.05, 3.63) is 59.2 Å². The average molecular weight is 384 g/mol. The standard InChI is InChI=1S/C16H11F3N2O4S/c17-16(18,19)10-3-1-9(2-4-10)8-21-13-6-5-11(26(20,24)25)7-12(13)14(22)15(21)23/h1-7H,8H2,(H2,20,24,25). The predicted molar refractivity (Wildman–Crippen MR) is 84.8 cm³/mol. The highest BCUT2D eigenvalue weighted by Gasteiger charge is 2.37. The van der Waals surface area contributed by atoms with Gasteiger partial charge in [-0.25, -0.2) is 13.6 Å². The molecule has 3 rings (SSSR count). The smallest absolute Gasteiger partial charge is 0.300 e. The molecule has 0 radical (unpaired) electrons. The molecule has 0 bridgehead atoms. The molecule has 0 saturated carbocycles. The zero-order valence-electron chi connectivity index (χ0n) is 12.9. The van der Waals surface area contributed by atoms with Crippen molar-refractivity contribution in [2.24, 2.45) is 5.14 Å². The third-order valence-corrected chi connectivity index (χ3v) is 4.80. The van der Waals surface area contributed by atoms with Crippen molar-refractivity contribution in [1.29, 1.82) is 0 Å². The van der Waals surface area contributed by atoms with Crippen LogP contribution in [0, 0.1) is 0 Å². The van der Waals surface area contributed by atoms with Gasteiger partial charge in [0.05, 0.1) is 28.3 Å². The summed E-state index contributed by atoms with van der Waals surface area (Å²) in [5.74, 6) is -1.80. The molecule has 0 aromatic heterocycles. The molecule has 0 fully saturated rings. The second-order valence-electron chi connectivity index (χ2n) is 5.64. The first-order valence-electron chi connectivity index (χ1n) is 7.17. The number of alkyl halides is 3. The van der Waals surface area contributed by atoms with Crippen LogP contribution in [-0.4, -0.2) is 20.1 Å². The fraction of sp³-hybridized carbons (Fsp3) is 0.125. The minimum atomic E-state index is -4.48. The van der Waals surface area contributed by atoms with Crippen molar-refractivity contribution in [2.75, 3.05) is 4.90 Å². The van der Waals surface area contributed by atoms with E-state index in [2.05, 4.69) is 0 Å². The Morgan fingerprint density at radius 2 is 1.62 bits per heavy atom. The molecule has 1 heterocycles. The summed E-state index contributed by atoms with van der Waals surface area (Å²) in [6.07, 6.45) is -4.48. The molecule has 0 aliphatic carbocycles. The van der Waals surface area contributed by atoms with Gasteiger partial charge in [0.1, 0.15) is 0 Å². The molecule has 1 amide bonds. The largest absolute Gasteiger partial charge is 0.416 e. The molecule has 0 atom stereocenters. The number of benzene rings is 2. The number of carbonyl (C=O) groups is 2. The van der Waals surface area contributed by atoms with Crippen LogP contribution in [0.15, 0.2) is 47.4 Å². The molecule has 2 aromatic rings. The van der Waals surface area contributed by atoms with Gasteiger partial charge in [0.25, 0.3) is 11.7 Å². The number of sulfonamides is 1. The SMILES string of the molecule is NS(=O)(=O)c1ccc2c(c1)C(=O)C(=O)N2Cc1ccc(C(F)(F)F)cc1. The Kier molecular flexibility index (Phi) is 4.12. The third kappa shape index (κ3) is 3.20. The van der Waals surface area contributed by atoms with Crippen molar-refractivity contribution in [1.82, 2.24) is 0 Å². The lowest BCUT2D eigenvalue weighted by Crippen LogP contribution is -2.29. The first-order chi connectivity index (χ1) is 12.0. The molecule has 0 spiro atoms. The molecule has 2 N–H and O–H groups in total. The number of hydrogen-bond acceptors (Lipinski definition) is 4. The van der Waals surface area contributed by atoms with Crippen molar-refractivity contribution in [3.63, 3.8) is 0 Å². The van der Waals surface area contributed by atoms with Gasteiger partial charge in [0, 0.05) is 0 Å². The Morgan fingerprint density at radius 1 is 1.00 bits per heavy atom. The highest BCUT2D eigenvalue weighted by Crippen LogP contribution is 2.33. The van der Waals surface area contributed by atoms with Crippen LogP contribution in [0.3, 0.4) is 0 Å². The summed E-state index contributed by atoms with van der Waals surface area (Å²) in [5.41, 5.74) is -0.397. The highest BCUT2D eigenvalue weighted by atomic mass is 32.2. The van der Waals surface area contributed by atoms with Crippen LogP contribution in [0.4, 0.5) is 18.9 Å². The van der Waals surface area contributed by atoms with Gasteiger partial charge in [-0.2, -0.15) is 13.2 Å². The van der Waals surface area contributed by atoms with Crippen LogP contribution >= 0.6 is 0 Å². The number of nitrogens with zero attached hydrogens (tertiary/aromatic N) is 1. The summed E-state index contributed by atoms with van der Waals surface area (Å²) < 4.78 is 60.6. The summed E-state index contributed by atoms with van der Waals surface area (Å²) in [6, 6.07) is 7.60. The van der Waals surface area contributed by atoms with E-state index >= 15 is 0 Å². The average Bonchev–Trinajstić information content (AvgIpc) is 2.78. The predicted octanol–water partition coefficient (Wildman–Crippen LogP) is 2.08. The van der Waals surface area contributed by atoms with E-state index in [0.29, 0.717) is 5.56 Å². The Balaban J connectivity index is 1.93. The number of carbonyl (C=O) groups excluding carboxylic acids is 2. The topological polar surface area (TPSA) is 97.5 Å². The third-order valence-electron chi connectivity index (χ3n) is 3.89. The zero-order valence-corrected chi connectivity index (χ0v) is 13.8. The maximum Gasteiger partial charge on any atom is 0.416 e. The van der Waals surface area contributed by atoms with E-state index in [4.69, 9.17) is 5.14 Å². The van der Waals surface area contributed by atoms with Crippen molar-refractivity contribution < 1.29 is 31.2 Å². The maximum absolute atomic E-state index is 12.6. The van der Waals surface area contributed by atoms with Crippen LogP contribution in [0.25, 0.3) is 0 Å². The lowest BCUT2D eigenvalue weighted by Gasteiger charge is -2.17. The fourth-order valence-electron chi connectivity index (χ4n) is 2.60. The molecule has 0 unspecified atom stereocenters. The van der Waals surface area contributed by atoms with Crippen molar-refractivity contribution in [2.45, 2.75) is 17.6 Å². The summed E-state index contributed by atoms with van der Waals surface area (Å²) in [4.78, 5) is 25.0. The molecule has 26 heavy (non-hydrogen) atoms. The second kappa shape index (κ2) is 5.92. The first-order valence-corrected chi connectivity index (χ1v) is 8.72. The van der Waals surface area contributed by atoms with Crippen molar-refractivity contribution in [3.8, 4) is 0 Å². The minimum absolute atomic E-state index is 0.117. The molecule has 1 aliphatic rings. The molecule has 136 valence electrons. The molecule has 10 heteroatoms. The van der Waals surface area contributed by atoms with E-state index in [1.165, 1.54) is 18.2 Å². The van der Waals surface area contributed by atoms with Gasteiger partial charge in [-0.3, -0.25) is 9.59 Å². The second-order valence-corrected chi connectivity index (χ2v) is 7.20. The normalized spacial score (nSPS) is 14.7. The molecular weight excluding hydrogens is 373 g/mol. The number of primary sulfonamides is 1. The lowest BCUT2D eigenvalue weighted by atomic mass is 10.1. The minimum Gasteiger partial charge on any atom is -0.300 e. The fourth-order valence-corrected chi connectivity index (χ4v) is 3.14. The first kappa shape index (κ1) is 18.1. The quantitative estimate of drug-likeness (QED) is 0.820. The van der Waals surface area contributed by atoms with E-state index in [1.807, 2.05) is 0 Å². The van der Waals surface area contributed by atoms with Gasteiger partial charge in [-0.1, -0.05) is 12.1 Å². The zero-order chi connectivity index (χ0) is 19.3. The van der Waals surface area contributed by atoms with Crippen molar-refractivity contribution >= 4 is 27.4 Å². The molecular formula is C16H11F3N2O4S. The molecule has 1 aliphatic heterocycles. The number of hydrogen-bond donors (Lipinski definition) is 1. The lowest BCUT2D eigenvalue weighted by molar-refractivity contribution is -0.137. The van der Waals surface area contributed by atoms with Crippen LogP contribution in [-0.2, 0) is 27.5 Å². The van der Waals surface area contributed by atoms with Gasteiger partial charge in [0.15, 0.2) is 0 Å². The number of halogens is 3. The number of anilines is 1. The van der Waals surface area contributed by atoms with Gasteiger partial charge < -0.3 is 4.90 Å². The van der Waals surface area contributed by atoms with E-state index in [9.17, 15) is 31.2 Å². The van der Waals surface area contributed by atoms with Gasteiger partial charge in [-0.05, 0) is 35.9 Å². The summed E-state index contributed by atoms with van der Waals surface area (Å²) in [7, 11) is -4.05. The molecule has 6 nitrogen and oxygen atoms in total. The van der Waals surface area contributed by atoms with E-state index in [1.54, 1.807) is 0 Å². The Hall–Kier alpha value is -2.72. The Morgan fingerprint density at radius 3 is 2.15 bits per heavy atom. The Bertz CT molecular complexity index is 1010. The van der Waals surface area contributed by atoms with Gasteiger partial charge >= 0.3 is 6.18 Å². The van der Waals surface area contributed by atoms with Crippen LogP contribution in [0.1, 0.15) is 21.5 Å². The molecule has 0 saturated heterocycles. The number of rotatable bonds is 3. The summed E-state index contributed by atoms with van der Waals surface area (Å²) in [6.45, 7) is -0.134. The number of Topliss-reactive ketones (excluding diaryl/α,β-unsaturated/α-hetero) is 1. The highest BCUT2D eigenvalue weighted by molar-refractivity contribution is 7.89. The van der Waals surface area contributed by atoms with E-state index in [-0.39, 0.29) is 22.7 Å². The van der Waals surface area contributed by atoms with Crippen LogP contribution in [0.5, 0.6) is 0 Å². The maximum atomic E-state index is 12.6. The number of amides is 1. The monoisotopic (exact) mass is 384 g/mol. The van der Waals surface area contributed by atoms with Gasteiger partial charge in [0.2, 0.25) is 10.0 Å². The van der Waals surface area contributed by atoms with Crippen LogP contribution in [0.2, 0.25) is 0 Å². The molecule has 2 aromatic carbocycles.